The van der Waals surface area contributed by atoms with Crippen molar-refractivity contribution in [3.8, 4) is 0 Å². The molecule has 1 heterocycles. The topological polar surface area (TPSA) is 86.6 Å². The molecule has 0 amide bonds. The quantitative estimate of drug-likeness (QED) is 0.534. The van der Waals surface area contributed by atoms with E-state index in [1.807, 2.05) is 0 Å². The molecule has 5 nitrogen and oxygen atoms in total. The average molecular weight is 349 g/mol. The first-order chi connectivity index (χ1) is 10.3. The zero-order valence-corrected chi connectivity index (χ0v) is 11.4. The van der Waals surface area contributed by atoms with Gasteiger partial charge >= 0.3 is 24.3 Å². The van der Waals surface area contributed by atoms with Gasteiger partial charge in [-0.15, -0.1) is 6.58 Å². The first kappa shape index (κ1) is 19.3. The molecule has 132 valence electrons. The predicted octanol–water partition coefficient (Wildman–Crippen LogP) is 2.05. The molecule has 1 aliphatic heterocycles. The highest BCUT2D eigenvalue weighted by Crippen LogP contribution is 2.44. The number of aliphatic carboxylic acids is 2. The fraction of sp³-hybridized carbons (Fsp3) is 0.667. The van der Waals surface area contributed by atoms with E-state index in [1.165, 1.54) is 0 Å². The minimum Gasteiger partial charge on any atom is -0.481 e. The second-order valence-corrected chi connectivity index (χ2v) is 5.12. The van der Waals surface area contributed by atoms with Gasteiger partial charge in [0.1, 0.15) is 12.1 Å². The number of carboxylic acid groups (broad SMARTS) is 2. The Morgan fingerprint density at radius 2 is 1.30 bits per heavy atom. The first-order valence-electron chi connectivity index (χ1n) is 6.28. The number of carboxylic acids is 2. The summed E-state index contributed by atoms with van der Waals surface area (Å²) in [7, 11) is 0. The average Bonchev–Trinajstić information content (AvgIpc) is 2.34. The monoisotopic (exact) mass is 349 g/mol. The fourth-order valence-electron chi connectivity index (χ4n) is 2.85. The van der Waals surface area contributed by atoms with Gasteiger partial charge in [0.25, 0.3) is 0 Å². The summed E-state index contributed by atoms with van der Waals surface area (Å²) < 4.78 is 77.9. The van der Waals surface area contributed by atoms with Crippen molar-refractivity contribution >= 4 is 11.9 Å². The number of halogens is 6. The van der Waals surface area contributed by atoms with Gasteiger partial charge < -0.3 is 10.2 Å². The molecule has 0 aromatic rings. The molecule has 0 aromatic heterocycles. The van der Waals surface area contributed by atoms with E-state index >= 15 is 0 Å². The predicted molar refractivity (Wildman–Crippen MR) is 63.4 cm³/mol. The van der Waals surface area contributed by atoms with Gasteiger partial charge in [0, 0.05) is 0 Å². The van der Waals surface area contributed by atoms with E-state index in [0.717, 1.165) is 11.4 Å². The Kier molecular flexibility index (Phi) is 5.34. The van der Waals surface area contributed by atoms with Crippen LogP contribution in [0.4, 0.5) is 26.3 Å². The van der Waals surface area contributed by atoms with Crippen LogP contribution in [0.15, 0.2) is 12.7 Å². The Balaban J connectivity index is 3.48. The van der Waals surface area contributed by atoms with Gasteiger partial charge in [0.05, 0.1) is 11.8 Å². The van der Waals surface area contributed by atoms with Crippen LogP contribution in [0, 0.1) is 17.8 Å². The molecule has 4 atom stereocenters. The number of rotatable bonds is 4. The standard InChI is InChI=1S/C12H13F6NO4/c1-2-3-4-5(9(20)21)7(11(13,14)15)19-8(12(16,17)18)6(4)10(22)23/h2,4-8,19H,1,3H2,(H,20,21)(H,22,23). The van der Waals surface area contributed by atoms with Gasteiger partial charge in [-0.25, -0.2) is 0 Å². The molecule has 1 rings (SSSR count). The number of carbonyl (C=O) groups is 2. The summed E-state index contributed by atoms with van der Waals surface area (Å²) in [4.78, 5) is 22.3. The maximum atomic E-state index is 13.0. The molecule has 0 saturated carbocycles. The van der Waals surface area contributed by atoms with Crippen molar-refractivity contribution < 1.29 is 46.1 Å². The molecule has 0 aliphatic carbocycles. The summed E-state index contributed by atoms with van der Waals surface area (Å²) in [5.74, 6) is -10.7. The van der Waals surface area contributed by atoms with Gasteiger partial charge in [-0.05, 0) is 12.3 Å². The highest BCUT2D eigenvalue weighted by molar-refractivity contribution is 5.77. The lowest BCUT2D eigenvalue weighted by Gasteiger charge is -2.45. The first-order valence-corrected chi connectivity index (χ1v) is 6.28. The lowest BCUT2D eigenvalue weighted by Crippen LogP contribution is -2.68. The van der Waals surface area contributed by atoms with E-state index < -0.39 is 60.5 Å². The molecule has 1 saturated heterocycles. The zero-order chi connectivity index (χ0) is 18.2. The smallest absolute Gasteiger partial charge is 0.404 e. The Labute approximate surface area is 126 Å². The van der Waals surface area contributed by atoms with Crippen LogP contribution < -0.4 is 5.32 Å². The van der Waals surface area contributed by atoms with Crippen molar-refractivity contribution in [2.45, 2.75) is 30.9 Å². The van der Waals surface area contributed by atoms with E-state index in [-0.39, 0.29) is 0 Å². The number of hydrogen-bond acceptors (Lipinski definition) is 3. The zero-order valence-electron chi connectivity index (χ0n) is 11.4. The number of piperidine rings is 1. The summed E-state index contributed by atoms with van der Waals surface area (Å²) in [6, 6.07) is -6.04. The summed E-state index contributed by atoms with van der Waals surface area (Å²) >= 11 is 0. The van der Waals surface area contributed by atoms with Gasteiger partial charge in [-0.2, -0.15) is 26.3 Å². The molecule has 3 N–H and O–H groups in total. The highest BCUT2D eigenvalue weighted by atomic mass is 19.4. The molecule has 1 fully saturated rings. The fourth-order valence-corrected chi connectivity index (χ4v) is 2.85. The Morgan fingerprint density at radius 1 is 0.957 bits per heavy atom. The molecule has 1 aliphatic rings. The number of alkyl halides is 6. The Hall–Kier alpha value is -1.78. The number of hydrogen-bond donors (Lipinski definition) is 3. The van der Waals surface area contributed by atoms with Crippen LogP contribution in [-0.4, -0.2) is 46.6 Å². The molecule has 0 aromatic carbocycles. The minimum absolute atomic E-state index is 0.616. The second kappa shape index (κ2) is 6.38. The van der Waals surface area contributed by atoms with Gasteiger partial charge in [0.2, 0.25) is 0 Å². The molecule has 11 heteroatoms. The van der Waals surface area contributed by atoms with Crippen molar-refractivity contribution in [2.75, 3.05) is 0 Å². The largest absolute Gasteiger partial charge is 0.481 e. The van der Waals surface area contributed by atoms with E-state index in [9.17, 15) is 35.9 Å². The molecule has 0 bridgehead atoms. The maximum Gasteiger partial charge on any atom is 0.404 e. The van der Waals surface area contributed by atoms with Crippen LogP contribution in [0.2, 0.25) is 0 Å². The van der Waals surface area contributed by atoms with Crippen molar-refractivity contribution in [3.05, 3.63) is 12.7 Å². The van der Waals surface area contributed by atoms with Crippen molar-refractivity contribution in [1.82, 2.24) is 5.32 Å². The van der Waals surface area contributed by atoms with Gasteiger partial charge in [0.15, 0.2) is 0 Å². The summed E-state index contributed by atoms with van der Waals surface area (Å²) in [5.41, 5.74) is 0. The van der Waals surface area contributed by atoms with Crippen LogP contribution in [0.5, 0.6) is 0 Å². The molecule has 4 unspecified atom stereocenters. The molecular weight excluding hydrogens is 336 g/mol. The van der Waals surface area contributed by atoms with E-state index in [2.05, 4.69) is 6.58 Å². The van der Waals surface area contributed by atoms with Crippen LogP contribution in [0.1, 0.15) is 6.42 Å². The van der Waals surface area contributed by atoms with E-state index in [0.29, 0.717) is 0 Å². The summed E-state index contributed by atoms with van der Waals surface area (Å²) in [6.45, 7) is 3.15. The summed E-state index contributed by atoms with van der Waals surface area (Å²) in [6.07, 6.45) is -10.3. The normalized spacial score (nSPS) is 32.3. The lowest BCUT2D eigenvalue weighted by molar-refractivity contribution is -0.232. The molecular formula is C12H13F6NO4. The Morgan fingerprint density at radius 3 is 1.52 bits per heavy atom. The third-order valence-corrected chi connectivity index (χ3v) is 3.71. The maximum absolute atomic E-state index is 13.0. The van der Waals surface area contributed by atoms with Crippen molar-refractivity contribution in [3.63, 3.8) is 0 Å². The number of allylic oxidation sites excluding steroid dienone is 1. The Bertz CT molecular complexity index is 451. The third kappa shape index (κ3) is 3.95. The highest BCUT2D eigenvalue weighted by Gasteiger charge is 2.63. The molecule has 0 spiro atoms. The number of nitrogens with one attached hydrogen (secondary N) is 1. The van der Waals surface area contributed by atoms with Crippen LogP contribution in [0.25, 0.3) is 0 Å². The lowest BCUT2D eigenvalue weighted by atomic mass is 9.68. The molecule has 23 heavy (non-hydrogen) atoms. The molecule has 0 radical (unpaired) electrons. The van der Waals surface area contributed by atoms with Crippen molar-refractivity contribution in [2.24, 2.45) is 17.8 Å². The van der Waals surface area contributed by atoms with Gasteiger partial charge in [-0.3, -0.25) is 14.9 Å². The van der Waals surface area contributed by atoms with Crippen LogP contribution in [0.3, 0.4) is 0 Å². The second-order valence-electron chi connectivity index (χ2n) is 5.12. The van der Waals surface area contributed by atoms with Crippen molar-refractivity contribution in [1.29, 1.82) is 0 Å². The van der Waals surface area contributed by atoms with E-state index in [4.69, 9.17) is 10.2 Å². The third-order valence-electron chi connectivity index (χ3n) is 3.71. The van der Waals surface area contributed by atoms with E-state index in [1.54, 1.807) is 0 Å². The van der Waals surface area contributed by atoms with Crippen LogP contribution >= 0.6 is 0 Å². The minimum atomic E-state index is -5.30. The summed E-state index contributed by atoms with van der Waals surface area (Å²) in [5, 5.41) is 19.2. The van der Waals surface area contributed by atoms with Gasteiger partial charge in [-0.1, -0.05) is 6.08 Å². The SMILES string of the molecule is C=CCC1C(C(=O)O)C(C(F)(F)F)NC(C(F)(F)F)C1C(=O)O. The van der Waals surface area contributed by atoms with Crippen LogP contribution in [-0.2, 0) is 9.59 Å².